The number of amides is 2. The predicted molar refractivity (Wildman–Crippen MR) is 77.6 cm³/mol. The lowest BCUT2D eigenvalue weighted by Gasteiger charge is -2.18. The summed E-state index contributed by atoms with van der Waals surface area (Å²) in [6, 6.07) is 0.718. The number of carboxylic acids is 1. The summed E-state index contributed by atoms with van der Waals surface area (Å²) in [7, 11) is 3.44. The van der Waals surface area contributed by atoms with Crippen molar-refractivity contribution in [3.63, 3.8) is 0 Å². The number of halogens is 3. The third-order valence-corrected chi connectivity index (χ3v) is 3.66. The zero-order chi connectivity index (χ0) is 18.1. The van der Waals surface area contributed by atoms with Crippen molar-refractivity contribution in [1.29, 1.82) is 0 Å². The largest absolute Gasteiger partial charge is 0.481 e. The Labute approximate surface area is 135 Å². The second-order valence-electron chi connectivity index (χ2n) is 5.56. The molecule has 0 bridgehead atoms. The zero-order valence-corrected chi connectivity index (χ0v) is 12.9. The van der Waals surface area contributed by atoms with Crippen LogP contribution in [0.3, 0.4) is 0 Å². The SMILES string of the molecule is CN(C)c1ccnc(NC(=O)N2C[C@@H](C(F)(F)F)[C@H](C(=O)O)C2)n1. The van der Waals surface area contributed by atoms with E-state index in [1.54, 1.807) is 25.1 Å². The van der Waals surface area contributed by atoms with Gasteiger partial charge in [-0.1, -0.05) is 0 Å². The minimum absolute atomic E-state index is 0.0754. The molecule has 11 heteroatoms. The molecule has 2 atom stereocenters. The van der Waals surface area contributed by atoms with Crippen molar-refractivity contribution in [2.24, 2.45) is 11.8 Å². The van der Waals surface area contributed by atoms with Crippen molar-refractivity contribution < 1.29 is 27.9 Å². The molecule has 1 aromatic heterocycles. The number of carboxylic acid groups (broad SMARTS) is 1. The van der Waals surface area contributed by atoms with Gasteiger partial charge in [0.2, 0.25) is 5.95 Å². The van der Waals surface area contributed by atoms with Gasteiger partial charge in [-0.3, -0.25) is 10.1 Å². The Hall–Kier alpha value is -2.59. The van der Waals surface area contributed by atoms with E-state index in [9.17, 15) is 22.8 Å². The molecule has 1 aromatic rings. The van der Waals surface area contributed by atoms with Crippen LogP contribution in [0.4, 0.5) is 29.7 Å². The molecule has 1 aliphatic rings. The van der Waals surface area contributed by atoms with Crippen molar-refractivity contribution in [2.45, 2.75) is 6.18 Å². The lowest BCUT2D eigenvalue weighted by Crippen LogP contribution is -2.35. The van der Waals surface area contributed by atoms with Crippen LogP contribution in [0.5, 0.6) is 0 Å². The number of aromatic nitrogens is 2. The highest BCUT2D eigenvalue weighted by Gasteiger charge is 2.53. The summed E-state index contributed by atoms with van der Waals surface area (Å²) in [6.45, 7) is -1.25. The predicted octanol–water partition coefficient (Wildman–Crippen LogP) is 1.27. The quantitative estimate of drug-likeness (QED) is 0.854. The van der Waals surface area contributed by atoms with Gasteiger partial charge in [0.25, 0.3) is 0 Å². The van der Waals surface area contributed by atoms with Crippen LogP contribution in [0, 0.1) is 11.8 Å². The van der Waals surface area contributed by atoms with Crippen molar-refractivity contribution in [2.75, 3.05) is 37.4 Å². The number of carbonyl (C=O) groups excluding carboxylic acids is 1. The zero-order valence-electron chi connectivity index (χ0n) is 12.9. The maximum absolute atomic E-state index is 12.9. The number of hydrogen-bond acceptors (Lipinski definition) is 5. The summed E-state index contributed by atoms with van der Waals surface area (Å²) in [5, 5.41) is 11.2. The lowest BCUT2D eigenvalue weighted by molar-refractivity contribution is -0.187. The Bertz CT molecular complexity index is 638. The summed E-state index contributed by atoms with van der Waals surface area (Å²) in [6.07, 6.45) is -3.31. The van der Waals surface area contributed by atoms with Gasteiger partial charge < -0.3 is 14.9 Å². The van der Waals surface area contributed by atoms with E-state index >= 15 is 0 Å². The van der Waals surface area contributed by atoms with Crippen LogP contribution in [0.25, 0.3) is 0 Å². The molecule has 0 radical (unpaired) electrons. The molecule has 2 heterocycles. The van der Waals surface area contributed by atoms with Crippen LogP contribution >= 0.6 is 0 Å². The fourth-order valence-corrected chi connectivity index (χ4v) is 2.38. The number of carbonyl (C=O) groups is 2. The summed E-state index contributed by atoms with van der Waals surface area (Å²) in [4.78, 5) is 33.4. The summed E-state index contributed by atoms with van der Waals surface area (Å²) in [5.41, 5.74) is 0. The van der Waals surface area contributed by atoms with Crippen molar-refractivity contribution in [3.8, 4) is 0 Å². The first-order chi connectivity index (χ1) is 11.1. The molecule has 2 amide bonds. The molecule has 0 aliphatic carbocycles. The summed E-state index contributed by atoms with van der Waals surface area (Å²) < 4.78 is 38.8. The van der Waals surface area contributed by atoms with Crippen LogP contribution in [0.15, 0.2) is 12.3 Å². The first kappa shape index (κ1) is 17.8. The molecular formula is C13H16F3N5O3. The van der Waals surface area contributed by atoms with Crippen LogP contribution in [0.2, 0.25) is 0 Å². The first-order valence-corrected chi connectivity index (χ1v) is 6.95. The fourth-order valence-electron chi connectivity index (χ4n) is 2.38. The van der Waals surface area contributed by atoms with E-state index in [1.165, 1.54) is 6.20 Å². The molecule has 0 unspecified atom stereocenters. The molecule has 0 spiro atoms. The number of nitrogens with one attached hydrogen (secondary N) is 1. The summed E-state index contributed by atoms with van der Waals surface area (Å²) in [5.74, 6) is -4.95. The molecule has 1 aliphatic heterocycles. The number of aliphatic carboxylic acids is 1. The molecule has 0 saturated carbocycles. The van der Waals surface area contributed by atoms with Gasteiger partial charge >= 0.3 is 18.2 Å². The van der Waals surface area contributed by atoms with Crippen LogP contribution < -0.4 is 10.2 Å². The van der Waals surface area contributed by atoms with Gasteiger partial charge in [0.05, 0.1) is 11.8 Å². The third kappa shape index (κ3) is 3.84. The number of likely N-dealkylation sites (tertiary alicyclic amines) is 1. The van der Waals surface area contributed by atoms with Crippen LogP contribution in [-0.2, 0) is 4.79 Å². The number of urea groups is 1. The van der Waals surface area contributed by atoms with Crippen molar-refractivity contribution in [1.82, 2.24) is 14.9 Å². The van der Waals surface area contributed by atoms with Gasteiger partial charge in [-0.25, -0.2) is 9.78 Å². The molecule has 1 saturated heterocycles. The molecule has 1 fully saturated rings. The van der Waals surface area contributed by atoms with Crippen LogP contribution in [0.1, 0.15) is 0 Å². The van der Waals surface area contributed by atoms with Gasteiger partial charge in [-0.2, -0.15) is 18.2 Å². The summed E-state index contributed by atoms with van der Waals surface area (Å²) >= 11 is 0. The Kier molecular flexibility index (Phi) is 4.81. The van der Waals surface area contributed by atoms with Gasteiger partial charge in [-0.15, -0.1) is 0 Å². The van der Waals surface area contributed by atoms with E-state index < -0.39 is 43.1 Å². The molecule has 132 valence electrons. The molecular weight excluding hydrogens is 331 g/mol. The number of alkyl halides is 3. The van der Waals surface area contributed by atoms with Gasteiger partial charge in [-0.05, 0) is 6.07 Å². The average Bonchev–Trinajstić information content (AvgIpc) is 2.93. The van der Waals surface area contributed by atoms with Gasteiger partial charge in [0, 0.05) is 33.4 Å². The third-order valence-electron chi connectivity index (χ3n) is 3.66. The second-order valence-corrected chi connectivity index (χ2v) is 5.56. The number of nitrogens with zero attached hydrogens (tertiary/aromatic N) is 4. The number of rotatable bonds is 3. The number of hydrogen-bond donors (Lipinski definition) is 2. The first-order valence-electron chi connectivity index (χ1n) is 6.95. The maximum Gasteiger partial charge on any atom is 0.394 e. The van der Waals surface area contributed by atoms with Crippen molar-refractivity contribution >= 4 is 23.8 Å². The topological polar surface area (TPSA) is 98.7 Å². The fraction of sp³-hybridized carbons (Fsp3) is 0.538. The Morgan fingerprint density at radius 3 is 2.54 bits per heavy atom. The van der Waals surface area contributed by atoms with E-state index in [2.05, 4.69) is 15.3 Å². The standard InChI is InChI=1S/C13H16F3N5O3/c1-20(2)9-3-4-17-11(18-9)19-12(24)21-5-7(10(22)23)8(6-21)13(14,15)16/h3-4,7-8H,5-6H2,1-2H3,(H,22,23)(H,17,18,19,24)/t7-,8-/m1/s1. The Balaban J connectivity index is 2.11. The molecule has 0 aromatic carbocycles. The van der Waals surface area contributed by atoms with E-state index in [0.717, 1.165) is 4.90 Å². The highest BCUT2D eigenvalue weighted by Crippen LogP contribution is 2.37. The highest BCUT2D eigenvalue weighted by molar-refractivity contribution is 5.88. The van der Waals surface area contributed by atoms with E-state index in [-0.39, 0.29) is 5.95 Å². The molecule has 24 heavy (non-hydrogen) atoms. The van der Waals surface area contributed by atoms with Crippen molar-refractivity contribution in [3.05, 3.63) is 12.3 Å². The van der Waals surface area contributed by atoms with E-state index in [1.807, 2.05) is 0 Å². The maximum atomic E-state index is 12.9. The number of anilines is 2. The van der Waals surface area contributed by atoms with Gasteiger partial charge in [0.1, 0.15) is 5.82 Å². The minimum atomic E-state index is -4.70. The highest BCUT2D eigenvalue weighted by atomic mass is 19.4. The molecule has 8 nitrogen and oxygen atoms in total. The normalized spacial score (nSPS) is 20.8. The molecule has 2 N–H and O–H groups in total. The minimum Gasteiger partial charge on any atom is -0.481 e. The Morgan fingerprint density at radius 1 is 1.38 bits per heavy atom. The monoisotopic (exact) mass is 347 g/mol. The Morgan fingerprint density at radius 2 is 2.04 bits per heavy atom. The average molecular weight is 347 g/mol. The van der Waals surface area contributed by atoms with E-state index in [4.69, 9.17) is 5.11 Å². The smallest absolute Gasteiger partial charge is 0.394 e. The lowest BCUT2D eigenvalue weighted by atomic mass is 9.96. The van der Waals surface area contributed by atoms with Crippen LogP contribution in [-0.4, -0.2) is 65.3 Å². The van der Waals surface area contributed by atoms with E-state index in [0.29, 0.717) is 5.82 Å². The molecule has 2 rings (SSSR count). The second kappa shape index (κ2) is 6.49. The van der Waals surface area contributed by atoms with Gasteiger partial charge in [0.15, 0.2) is 0 Å².